The molecule has 4 heteroatoms. The molecule has 20 heavy (non-hydrogen) atoms. The molecule has 4 aliphatic rings. The van der Waals surface area contributed by atoms with E-state index < -0.39 is 0 Å². The van der Waals surface area contributed by atoms with Gasteiger partial charge in [0.15, 0.2) is 0 Å². The molecule has 4 saturated carbocycles. The lowest BCUT2D eigenvalue weighted by atomic mass is 9.53. The molecule has 1 atom stereocenters. The number of urea groups is 1. The maximum atomic E-state index is 12.3. The van der Waals surface area contributed by atoms with Crippen LogP contribution in [0, 0.1) is 23.7 Å². The van der Waals surface area contributed by atoms with E-state index in [1.165, 1.54) is 38.5 Å². The van der Waals surface area contributed by atoms with Crippen molar-refractivity contribution in [1.29, 1.82) is 0 Å². The topological polar surface area (TPSA) is 67.1 Å². The molecule has 2 amide bonds. The van der Waals surface area contributed by atoms with Crippen LogP contribution in [0.2, 0.25) is 0 Å². The van der Waals surface area contributed by atoms with Gasteiger partial charge in [0.1, 0.15) is 0 Å². The summed E-state index contributed by atoms with van der Waals surface area (Å²) in [6.07, 6.45) is 7.80. The number of nitrogens with one attached hydrogen (secondary N) is 2. The smallest absolute Gasteiger partial charge is 0.315 e. The molecule has 0 aromatic carbocycles. The van der Waals surface area contributed by atoms with Crippen LogP contribution in [-0.2, 0) is 0 Å². The molecule has 4 N–H and O–H groups in total. The van der Waals surface area contributed by atoms with Crippen LogP contribution in [0.5, 0.6) is 0 Å². The number of rotatable bonds is 4. The van der Waals surface area contributed by atoms with Crippen molar-refractivity contribution in [3.05, 3.63) is 0 Å². The summed E-state index contributed by atoms with van der Waals surface area (Å²) in [5.74, 6) is 2.95. The van der Waals surface area contributed by atoms with Gasteiger partial charge in [0.05, 0.1) is 0 Å². The molecule has 0 aliphatic heterocycles. The van der Waals surface area contributed by atoms with Crippen molar-refractivity contribution in [3.63, 3.8) is 0 Å². The van der Waals surface area contributed by atoms with Crippen LogP contribution in [0.25, 0.3) is 0 Å². The Morgan fingerprint density at radius 1 is 1.15 bits per heavy atom. The average molecular weight is 279 g/mol. The number of hydrogen-bond donors (Lipinski definition) is 3. The number of amides is 2. The molecule has 0 aromatic rings. The van der Waals surface area contributed by atoms with Crippen molar-refractivity contribution in [2.24, 2.45) is 29.4 Å². The first-order valence-corrected chi connectivity index (χ1v) is 8.28. The highest BCUT2D eigenvalue weighted by Gasteiger charge is 2.51. The fraction of sp³-hybridized carbons (Fsp3) is 0.938. The zero-order chi connectivity index (χ0) is 14.3. The molecule has 4 aliphatic carbocycles. The van der Waals surface area contributed by atoms with Crippen molar-refractivity contribution in [3.8, 4) is 0 Å². The Balaban J connectivity index is 1.61. The maximum Gasteiger partial charge on any atom is 0.315 e. The van der Waals surface area contributed by atoms with Crippen molar-refractivity contribution < 1.29 is 4.79 Å². The van der Waals surface area contributed by atoms with Gasteiger partial charge in [-0.25, -0.2) is 4.79 Å². The number of nitrogens with two attached hydrogens (primary N) is 1. The molecule has 4 fully saturated rings. The number of carbonyl (C=O) groups excluding carboxylic acids is 1. The standard InChI is InChI=1S/C16H29N3O/c1-10(2)14(9-17)18-15(20)19-16-6-11-3-12(7-16)5-13(4-11)8-16/h10-14H,3-9,17H2,1-2H3,(H2,18,19,20). The van der Waals surface area contributed by atoms with E-state index in [0.29, 0.717) is 12.5 Å². The third kappa shape index (κ3) is 2.67. The van der Waals surface area contributed by atoms with E-state index in [1.807, 2.05) is 0 Å². The van der Waals surface area contributed by atoms with Crippen molar-refractivity contribution in [1.82, 2.24) is 10.6 Å². The molecule has 4 bridgehead atoms. The van der Waals surface area contributed by atoms with Crippen molar-refractivity contribution >= 4 is 6.03 Å². The summed E-state index contributed by atoms with van der Waals surface area (Å²) < 4.78 is 0. The molecular formula is C16H29N3O. The lowest BCUT2D eigenvalue weighted by Crippen LogP contribution is -2.62. The molecular weight excluding hydrogens is 250 g/mol. The van der Waals surface area contributed by atoms with Gasteiger partial charge in [0.25, 0.3) is 0 Å². The van der Waals surface area contributed by atoms with E-state index in [1.54, 1.807) is 0 Å². The van der Waals surface area contributed by atoms with Gasteiger partial charge in [0, 0.05) is 18.1 Å². The van der Waals surface area contributed by atoms with Crippen molar-refractivity contribution in [2.75, 3.05) is 6.54 Å². The Morgan fingerprint density at radius 3 is 2.05 bits per heavy atom. The van der Waals surface area contributed by atoms with E-state index in [4.69, 9.17) is 5.73 Å². The van der Waals surface area contributed by atoms with E-state index in [-0.39, 0.29) is 17.6 Å². The average Bonchev–Trinajstić information content (AvgIpc) is 2.33. The summed E-state index contributed by atoms with van der Waals surface area (Å²) in [5.41, 5.74) is 5.83. The summed E-state index contributed by atoms with van der Waals surface area (Å²) >= 11 is 0. The third-order valence-corrected chi connectivity index (χ3v) is 5.79. The van der Waals surface area contributed by atoms with Crippen LogP contribution >= 0.6 is 0 Å². The Hall–Kier alpha value is -0.770. The van der Waals surface area contributed by atoms with Crippen LogP contribution in [-0.4, -0.2) is 24.2 Å². The molecule has 4 rings (SSSR count). The first kappa shape index (κ1) is 14.2. The monoisotopic (exact) mass is 279 g/mol. The van der Waals surface area contributed by atoms with Gasteiger partial charge in [-0.2, -0.15) is 0 Å². The molecule has 1 unspecified atom stereocenters. The first-order valence-electron chi connectivity index (χ1n) is 8.28. The molecule has 114 valence electrons. The normalized spacial score (nSPS) is 39.9. The zero-order valence-corrected chi connectivity index (χ0v) is 12.8. The van der Waals surface area contributed by atoms with Crippen LogP contribution < -0.4 is 16.4 Å². The van der Waals surface area contributed by atoms with Crippen LogP contribution in [0.3, 0.4) is 0 Å². The molecule has 4 nitrogen and oxygen atoms in total. The first-order chi connectivity index (χ1) is 9.49. The minimum Gasteiger partial charge on any atom is -0.334 e. The van der Waals surface area contributed by atoms with Gasteiger partial charge in [-0.15, -0.1) is 0 Å². The van der Waals surface area contributed by atoms with E-state index in [2.05, 4.69) is 24.5 Å². The van der Waals surface area contributed by atoms with Gasteiger partial charge >= 0.3 is 6.03 Å². The summed E-state index contributed by atoms with van der Waals surface area (Å²) in [5, 5.41) is 6.40. The fourth-order valence-electron chi connectivity index (χ4n) is 5.21. The number of hydrogen-bond acceptors (Lipinski definition) is 2. The third-order valence-electron chi connectivity index (χ3n) is 5.79. The van der Waals surface area contributed by atoms with Crippen LogP contribution in [0.15, 0.2) is 0 Å². The van der Waals surface area contributed by atoms with Crippen LogP contribution in [0.1, 0.15) is 52.4 Å². The second-order valence-electron chi connectivity index (χ2n) is 7.88. The lowest BCUT2D eigenvalue weighted by Gasteiger charge is -2.56. The Bertz CT molecular complexity index is 345. The minimum absolute atomic E-state index is 0.00361. The molecule has 0 saturated heterocycles. The van der Waals surface area contributed by atoms with Gasteiger partial charge in [-0.1, -0.05) is 13.8 Å². The quantitative estimate of drug-likeness (QED) is 0.739. The largest absolute Gasteiger partial charge is 0.334 e. The fourth-order valence-corrected chi connectivity index (χ4v) is 5.21. The van der Waals surface area contributed by atoms with Gasteiger partial charge in [0.2, 0.25) is 0 Å². The van der Waals surface area contributed by atoms with E-state index in [9.17, 15) is 4.79 Å². The maximum absolute atomic E-state index is 12.3. The minimum atomic E-state index is -0.00361. The number of carbonyl (C=O) groups is 1. The summed E-state index contributed by atoms with van der Waals surface area (Å²) in [7, 11) is 0. The summed E-state index contributed by atoms with van der Waals surface area (Å²) in [6, 6.07) is 0.0695. The van der Waals surface area contributed by atoms with Crippen molar-refractivity contribution in [2.45, 2.75) is 64.0 Å². The van der Waals surface area contributed by atoms with Gasteiger partial charge in [-0.3, -0.25) is 0 Å². The highest BCUT2D eigenvalue weighted by Crippen LogP contribution is 2.55. The summed E-state index contributed by atoms with van der Waals surface area (Å²) in [4.78, 5) is 12.3. The Labute approximate surface area is 122 Å². The predicted molar refractivity (Wildman–Crippen MR) is 80.3 cm³/mol. The highest BCUT2D eigenvalue weighted by molar-refractivity contribution is 5.75. The second kappa shape index (κ2) is 5.21. The summed E-state index contributed by atoms with van der Waals surface area (Å²) in [6.45, 7) is 4.71. The van der Waals surface area contributed by atoms with Crippen LogP contribution in [0.4, 0.5) is 4.79 Å². The highest BCUT2D eigenvalue weighted by atomic mass is 16.2. The Kier molecular flexibility index (Phi) is 3.69. The van der Waals surface area contributed by atoms with Gasteiger partial charge in [-0.05, 0) is 62.2 Å². The SMILES string of the molecule is CC(C)C(CN)NC(=O)NC12CC3CC(CC(C3)C1)C2. The van der Waals surface area contributed by atoms with E-state index >= 15 is 0 Å². The molecule has 0 radical (unpaired) electrons. The zero-order valence-electron chi connectivity index (χ0n) is 12.8. The molecule has 0 heterocycles. The second-order valence-corrected chi connectivity index (χ2v) is 7.88. The Morgan fingerprint density at radius 2 is 1.65 bits per heavy atom. The van der Waals surface area contributed by atoms with E-state index in [0.717, 1.165) is 17.8 Å². The lowest BCUT2D eigenvalue weighted by molar-refractivity contribution is -0.0137. The predicted octanol–water partition coefficient (Wildman–Crippen LogP) is 2.24. The van der Waals surface area contributed by atoms with Gasteiger partial charge < -0.3 is 16.4 Å². The molecule has 0 aromatic heterocycles. The molecule has 0 spiro atoms.